The summed E-state index contributed by atoms with van der Waals surface area (Å²) >= 11 is 0. The minimum Gasteiger partial charge on any atom is -0.493 e. The molecule has 1 unspecified atom stereocenters. The summed E-state index contributed by atoms with van der Waals surface area (Å²) in [6.07, 6.45) is 9.08. The van der Waals surface area contributed by atoms with Gasteiger partial charge in [0.2, 0.25) is 0 Å². The lowest BCUT2D eigenvalue weighted by Crippen LogP contribution is -2.39. The van der Waals surface area contributed by atoms with Crippen LogP contribution in [0.15, 0.2) is 61.2 Å². The van der Waals surface area contributed by atoms with Gasteiger partial charge in [0, 0.05) is 39.1 Å². The second-order valence-corrected chi connectivity index (χ2v) is 9.22. The van der Waals surface area contributed by atoms with Crippen LogP contribution in [0.2, 0.25) is 0 Å². The third-order valence-corrected chi connectivity index (χ3v) is 6.76. The number of aryl methyl sites for hydroxylation is 1. The Hall–Kier alpha value is -3.10. The van der Waals surface area contributed by atoms with Crippen molar-refractivity contribution in [2.75, 3.05) is 40.5 Å². The average Bonchev–Trinajstić information content (AvgIpc) is 3.34. The lowest BCUT2D eigenvalue weighted by molar-refractivity contribution is -0.0548. The largest absolute Gasteiger partial charge is 0.493 e. The molecule has 194 valence electrons. The summed E-state index contributed by atoms with van der Waals surface area (Å²) < 4.78 is 39.4. The number of aromatic nitrogens is 2. The van der Waals surface area contributed by atoms with Crippen LogP contribution in [0.5, 0.6) is 17.2 Å². The van der Waals surface area contributed by atoms with Gasteiger partial charge in [-0.25, -0.2) is 9.37 Å². The van der Waals surface area contributed by atoms with Gasteiger partial charge in [-0.1, -0.05) is 18.2 Å². The number of nitrogens with zero attached hydrogens (tertiary/aromatic N) is 3. The second kappa shape index (κ2) is 12.7. The van der Waals surface area contributed by atoms with E-state index in [-0.39, 0.29) is 11.6 Å². The molecule has 0 bridgehead atoms. The zero-order valence-electron chi connectivity index (χ0n) is 21.2. The summed E-state index contributed by atoms with van der Waals surface area (Å²) in [6, 6.07) is 12.7. The maximum atomic E-state index is 14.0. The molecule has 1 aliphatic heterocycles. The molecule has 1 aliphatic rings. The zero-order chi connectivity index (χ0) is 25.2. The molecular weight excluding hydrogens is 461 g/mol. The first-order valence-electron chi connectivity index (χ1n) is 12.5. The molecule has 4 rings (SSSR count). The SMILES string of the molecule is COc1cc(CN2CCCC(COc3ccccc3F)(OC)CC2)ccc1OCCCn1ccnc1. The summed E-state index contributed by atoms with van der Waals surface area (Å²) in [5.41, 5.74) is 0.744. The van der Waals surface area contributed by atoms with Gasteiger partial charge in [-0.3, -0.25) is 4.90 Å². The number of benzene rings is 2. The Morgan fingerprint density at radius 3 is 2.67 bits per heavy atom. The zero-order valence-corrected chi connectivity index (χ0v) is 21.2. The van der Waals surface area contributed by atoms with E-state index in [1.54, 1.807) is 38.6 Å². The van der Waals surface area contributed by atoms with E-state index in [1.165, 1.54) is 11.6 Å². The van der Waals surface area contributed by atoms with E-state index in [9.17, 15) is 4.39 Å². The maximum absolute atomic E-state index is 14.0. The molecule has 1 atom stereocenters. The number of likely N-dealkylation sites (tertiary alicyclic amines) is 1. The molecule has 3 aromatic rings. The number of methoxy groups -OCH3 is 2. The number of hydrogen-bond donors (Lipinski definition) is 0. The fourth-order valence-electron chi connectivity index (χ4n) is 4.60. The standard InChI is InChI=1S/C28H36FN3O4/c1-33-27-19-23(9-10-26(27)35-18-6-15-32-17-13-30-22-32)20-31-14-5-11-28(34-2,12-16-31)21-36-25-8-4-3-7-24(25)29/h3-4,7-10,13,17,19,22H,5-6,11-12,14-16,18,20-21H2,1-2H3. The first-order valence-corrected chi connectivity index (χ1v) is 12.5. The monoisotopic (exact) mass is 497 g/mol. The van der Waals surface area contributed by atoms with Crippen molar-refractivity contribution in [1.82, 2.24) is 14.5 Å². The van der Waals surface area contributed by atoms with Crippen molar-refractivity contribution in [1.29, 1.82) is 0 Å². The van der Waals surface area contributed by atoms with E-state index >= 15 is 0 Å². The fraction of sp³-hybridized carbons (Fsp3) is 0.464. The highest BCUT2D eigenvalue weighted by Gasteiger charge is 2.34. The van der Waals surface area contributed by atoms with Crippen molar-refractivity contribution in [2.24, 2.45) is 0 Å². The Labute approximate surface area is 212 Å². The topological polar surface area (TPSA) is 58.0 Å². The van der Waals surface area contributed by atoms with Crippen molar-refractivity contribution in [3.63, 3.8) is 0 Å². The molecule has 7 nitrogen and oxygen atoms in total. The van der Waals surface area contributed by atoms with Crippen molar-refractivity contribution >= 4 is 0 Å². The number of para-hydroxylation sites is 1. The molecule has 36 heavy (non-hydrogen) atoms. The lowest BCUT2D eigenvalue weighted by atomic mass is 9.95. The van der Waals surface area contributed by atoms with Crippen LogP contribution in [0, 0.1) is 5.82 Å². The molecule has 0 radical (unpaired) electrons. The number of rotatable bonds is 12. The van der Waals surface area contributed by atoms with Gasteiger partial charge in [0.15, 0.2) is 23.1 Å². The highest BCUT2D eigenvalue weighted by Crippen LogP contribution is 2.31. The summed E-state index contributed by atoms with van der Waals surface area (Å²) in [5.74, 6) is 1.42. The predicted molar refractivity (Wildman–Crippen MR) is 136 cm³/mol. The van der Waals surface area contributed by atoms with Crippen LogP contribution in [-0.2, 0) is 17.8 Å². The molecule has 2 aromatic carbocycles. The highest BCUT2D eigenvalue weighted by atomic mass is 19.1. The van der Waals surface area contributed by atoms with Crippen molar-refractivity contribution < 1.29 is 23.3 Å². The van der Waals surface area contributed by atoms with Crippen LogP contribution in [0.4, 0.5) is 4.39 Å². The quantitative estimate of drug-likeness (QED) is 0.330. The van der Waals surface area contributed by atoms with Gasteiger partial charge in [0.25, 0.3) is 0 Å². The van der Waals surface area contributed by atoms with Gasteiger partial charge >= 0.3 is 0 Å². The Morgan fingerprint density at radius 2 is 1.89 bits per heavy atom. The van der Waals surface area contributed by atoms with E-state index in [0.29, 0.717) is 13.2 Å². The first-order chi connectivity index (χ1) is 17.6. The smallest absolute Gasteiger partial charge is 0.165 e. The molecule has 0 N–H and O–H groups in total. The van der Waals surface area contributed by atoms with Crippen molar-refractivity contribution in [3.8, 4) is 17.2 Å². The number of imidazole rings is 1. The Morgan fingerprint density at radius 1 is 1.00 bits per heavy atom. The van der Waals surface area contributed by atoms with Crippen LogP contribution < -0.4 is 14.2 Å². The van der Waals surface area contributed by atoms with Crippen LogP contribution in [0.3, 0.4) is 0 Å². The Bertz CT molecular complexity index is 1080. The van der Waals surface area contributed by atoms with Gasteiger partial charge in [-0.2, -0.15) is 0 Å². The van der Waals surface area contributed by atoms with Crippen LogP contribution in [-0.4, -0.2) is 60.6 Å². The molecule has 1 fully saturated rings. The molecule has 2 heterocycles. The second-order valence-electron chi connectivity index (χ2n) is 9.22. The van der Waals surface area contributed by atoms with E-state index in [2.05, 4.69) is 22.0 Å². The highest BCUT2D eigenvalue weighted by molar-refractivity contribution is 5.43. The normalized spacial score (nSPS) is 18.5. The number of halogens is 1. The van der Waals surface area contributed by atoms with Gasteiger partial charge in [0.05, 0.1) is 20.0 Å². The molecule has 1 aromatic heterocycles. The van der Waals surface area contributed by atoms with Gasteiger partial charge in [-0.15, -0.1) is 0 Å². The van der Waals surface area contributed by atoms with Crippen LogP contribution in [0.25, 0.3) is 0 Å². The molecule has 0 saturated carbocycles. The summed E-state index contributed by atoms with van der Waals surface area (Å²) in [4.78, 5) is 6.48. The molecule has 1 saturated heterocycles. The summed E-state index contributed by atoms with van der Waals surface area (Å²) in [6.45, 7) is 4.44. The average molecular weight is 498 g/mol. The molecule has 8 heteroatoms. The maximum Gasteiger partial charge on any atom is 0.165 e. The Balaban J connectivity index is 1.29. The molecular formula is C28H36FN3O4. The van der Waals surface area contributed by atoms with Gasteiger partial charge in [-0.05, 0) is 62.1 Å². The van der Waals surface area contributed by atoms with Gasteiger partial charge < -0.3 is 23.5 Å². The van der Waals surface area contributed by atoms with E-state index in [0.717, 1.165) is 63.4 Å². The summed E-state index contributed by atoms with van der Waals surface area (Å²) in [5, 5.41) is 0. The van der Waals surface area contributed by atoms with Crippen LogP contribution in [0.1, 0.15) is 31.2 Å². The molecule has 0 spiro atoms. The molecule has 0 amide bonds. The van der Waals surface area contributed by atoms with E-state index < -0.39 is 5.60 Å². The van der Waals surface area contributed by atoms with Gasteiger partial charge in [0.1, 0.15) is 12.2 Å². The number of hydrogen-bond acceptors (Lipinski definition) is 6. The van der Waals surface area contributed by atoms with E-state index in [4.69, 9.17) is 18.9 Å². The fourth-order valence-corrected chi connectivity index (χ4v) is 4.60. The van der Waals surface area contributed by atoms with Crippen molar-refractivity contribution in [3.05, 3.63) is 72.6 Å². The third kappa shape index (κ3) is 6.98. The minimum absolute atomic E-state index is 0.270. The predicted octanol–water partition coefficient (Wildman–Crippen LogP) is 4.95. The first kappa shape index (κ1) is 26.0. The van der Waals surface area contributed by atoms with Crippen molar-refractivity contribution in [2.45, 2.75) is 44.4 Å². The van der Waals surface area contributed by atoms with Crippen LogP contribution >= 0.6 is 0 Å². The third-order valence-electron chi connectivity index (χ3n) is 6.76. The number of ether oxygens (including phenoxy) is 4. The molecule has 0 aliphatic carbocycles. The Kier molecular flexibility index (Phi) is 9.19. The summed E-state index contributed by atoms with van der Waals surface area (Å²) in [7, 11) is 3.39. The van der Waals surface area contributed by atoms with E-state index in [1.807, 2.05) is 23.2 Å². The minimum atomic E-state index is -0.427. The lowest BCUT2D eigenvalue weighted by Gasteiger charge is -2.31.